The third kappa shape index (κ3) is 4.00. The molecule has 0 aromatic rings. The van der Waals surface area contributed by atoms with Crippen LogP contribution in [0.2, 0.25) is 0 Å². The van der Waals surface area contributed by atoms with Gasteiger partial charge in [-0.25, -0.2) is 0 Å². The highest BCUT2D eigenvalue weighted by Crippen LogP contribution is 2.45. The van der Waals surface area contributed by atoms with Crippen molar-refractivity contribution >= 4 is 0 Å². The summed E-state index contributed by atoms with van der Waals surface area (Å²) in [7, 11) is 0. The molecule has 0 amide bonds. The van der Waals surface area contributed by atoms with Crippen LogP contribution in [0.15, 0.2) is 0 Å². The van der Waals surface area contributed by atoms with Crippen LogP contribution in [0.4, 0.5) is 0 Å². The van der Waals surface area contributed by atoms with Gasteiger partial charge in [0.2, 0.25) is 0 Å². The Morgan fingerprint density at radius 1 is 0.529 bits per heavy atom. The molecule has 0 nitrogen and oxygen atoms in total. The number of rotatable bonds is 6. The lowest BCUT2D eigenvalue weighted by Crippen LogP contribution is -2.38. The van der Waals surface area contributed by atoms with Crippen molar-refractivity contribution in [1.29, 1.82) is 0 Å². The maximum atomic E-state index is 2.46. The van der Waals surface area contributed by atoms with Crippen molar-refractivity contribution in [1.82, 2.24) is 0 Å². The smallest absolute Gasteiger partial charge is 0.0298 e. The first-order chi connectivity index (χ1) is 7.53. The molecular weight excluding hydrogens is 204 g/mol. The van der Waals surface area contributed by atoms with Crippen LogP contribution in [0.3, 0.4) is 0 Å². The van der Waals surface area contributed by atoms with E-state index in [1.54, 1.807) is 0 Å². The lowest BCUT2D eigenvalue weighted by atomic mass is 9.61. The zero-order chi connectivity index (χ0) is 14.0. The molecule has 0 aliphatic rings. The monoisotopic (exact) mass is 240 g/mol. The van der Waals surface area contributed by atoms with Crippen LogP contribution in [0.1, 0.15) is 69.2 Å². The minimum Gasteiger partial charge on any atom is -0.0625 e. The molecule has 0 heterocycles. The van der Waals surface area contributed by atoms with Crippen molar-refractivity contribution < 1.29 is 0 Å². The Labute approximate surface area is 111 Å². The summed E-state index contributed by atoms with van der Waals surface area (Å²) < 4.78 is 0. The van der Waals surface area contributed by atoms with Gasteiger partial charge in [-0.3, -0.25) is 0 Å². The molecule has 0 aromatic carbocycles. The second-order valence-corrected chi connectivity index (χ2v) is 7.60. The standard InChI is InChI=1S/C17H36/c1-11(2)13(5)14(6)16(8)17(9,10)15(7)12(3)4/h11-16H,1-10H3. The summed E-state index contributed by atoms with van der Waals surface area (Å²) >= 11 is 0. The summed E-state index contributed by atoms with van der Waals surface area (Å²) in [4.78, 5) is 0. The topological polar surface area (TPSA) is 0 Å². The van der Waals surface area contributed by atoms with Gasteiger partial charge in [-0.2, -0.15) is 0 Å². The second-order valence-electron chi connectivity index (χ2n) is 7.60. The molecule has 17 heavy (non-hydrogen) atoms. The number of hydrogen-bond donors (Lipinski definition) is 0. The van der Waals surface area contributed by atoms with Gasteiger partial charge < -0.3 is 0 Å². The van der Waals surface area contributed by atoms with E-state index in [4.69, 9.17) is 0 Å². The van der Waals surface area contributed by atoms with E-state index in [-0.39, 0.29) is 0 Å². The van der Waals surface area contributed by atoms with Crippen LogP contribution >= 0.6 is 0 Å². The molecule has 0 saturated heterocycles. The van der Waals surface area contributed by atoms with Crippen LogP contribution in [0, 0.1) is 40.9 Å². The Bertz CT molecular complexity index is 212. The maximum Gasteiger partial charge on any atom is -0.0298 e. The molecule has 0 bridgehead atoms. The molecule has 0 aromatic heterocycles. The molecule has 0 rings (SSSR count). The maximum absolute atomic E-state index is 2.46. The molecule has 4 unspecified atom stereocenters. The minimum absolute atomic E-state index is 0.427. The van der Waals surface area contributed by atoms with Crippen LogP contribution in [-0.2, 0) is 0 Å². The molecule has 0 spiro atoms. The van der Waals surface area contributed by atoms with Crippen LogP contribution in [0.5, 0.6) is 0 Å². The Kier molecular flexibility index (Phi) is 6.25. The Balaban J connectivity index is 4.84. The van der Waals surface area contributed by atoms with Gasteiger partial charge in [0.05, 0.1) is 0 Å². The van der Waals surface area contributed by atoms with Gasteiger partial charge in [0.25, 0.3) is 0 Å². The van der Waals surface area contributed by atoms with Crippen molar-refractivity contribution in [2.45, 2.75) is 69.2 Å². The average molecular weight is 240 g/mol. The minimum atomic E-state index is 0.427. The van der Waals surface area contributed by atoms with E-state index < -0.39 is 0 Å². The van der Waals surface area contributed by atoms with Gasteiger partial charge in [-0.15, -0.1) is 0 Å². The molecule has 4 atom stereocenters. The predicted octanol–water partition coefficient (Wildman–Crippen LogP) is 5.87. The molecule has 0 fully saturated rings. The second kappa shape index (κ2) is 6.25. The average Bonchev–Trinajstić information content (AvgIpc) is 2.24. The van der Waals surface area contributed by atoms with Crippen LogP contribution in [0.25, 0.3) is 0 Å². The molecular formula is C17H36. The fraction of sp³-hybridized carbons (Fsp3) is 1.00. The summed E-state index contributed by atoms with van der Waals surface area (Å²) in [5.41, 5.74) is 0.427. The highest BCUT2D eigenvalue weighted by molar-refractivity contribution is 4.86. The fourth-order valence-corrected chi connectivity index (χ4v) is 3.01. The van der Waals surface area contributed by atoms with Crippen molar-refractivity contribution in [2.75, 3.05) is 0 Å². The van der Waals surface area contributed by atoms with Crippen LogP contribution < -0.4 is 0 Å². The van der Waals surface area contributed by atoms with Gasteiger partial charge in [0.1, 0.15) is 0 Å². The van der Waals surface area contributed by atoms with Gasteiger partial charge >= 0.3 is 0 Å². The predicted molar refractivity (Wildman–Crippen MR) is 80.1 cm³/mol. The molecule has 0 aliphatic carbocycles. The Morgan fingerprint density at radius 2 is 0.941 bits per heavy atom. The molecule has 104 valence electrons. The third-order valence-electron chi connectivity index (χ3n) is 6.02. The van der Waals surface area contributed by atoms with E-state index in [0.29, 0.717) is 5.41 Å². The Morgan fingerprint density at radius 3 is 1.24 bits per heavy atom. The molecule has 0 heteroatoms. The van der Waals surface area contributed by atoms with Gasteiger partial charge in [0, 0.05) is 0 Å². The highest BCUT2D eigenvalue weighted by Gasteiger charge is 2.38. The summed E-state index contributed by atoms with van der Waals surface area (Å²) in [5, 5.41) is 0. The molecule has 0 radical (unpaired) electrons. The number of hydrogen-bond acceptors (Lipinski definition) is 0. The quantitative estimate of drug-likeness (QED) is 0.545. The zero-order valence-corrected chi connectivity index (χ0v) is 14.0. The Hall–Kier alpha value is 0. The largest absolute Gasteiger partial charge is 0.0625 e. The summed E-state index contributed by atoms with van der Waals surface area (Å²) in [6.07, 6.45) is 0. The van der Waals surface area contributed by atoms with Crippen molar-refractivity contribution in [2.24, 2.45) is 40.9 Å². The SMILES string of the molecule is CC(C)C(C)C(C)C(C)C(C)(C)C(C)C(C)C. The van der Waals surface area contributed by atoms with Crippen molar-refractivity contribution in [3.05, 3.63) is 0 Å². The zero-order valence-electron chi connectivity index (χ0n) is 14.0. The van der Waals surface area contributed by atoms with Gasteiger partial charge in [-0.1, -0.05) is 69.2 Å². The first kappa shape index (κ1) is 17.0. The third-order valence-corrected chi connectivity index (χ3v) is 6.02. The lowest BCUT2D eigenvalue weighted by molar-refractivity contribution is 0.0414. The summed E-state index contributed by atoms with van der Waals surface area (Å²) in [6.45, 7) is 24.1. The van der Waals surface area contributed by atoms with Gasteiger partial charge in [0.15, 0.2) is 0 Å². The normalized spacial score (nSPS) is 20.5. The molecule has 0 N–H and O–H groups in total. The first-order valence-electron chi connectivity index (χ1n) is 7.53. The summed E-state index contributed by atoms with van der Waals surface area (Å²) in [6, 6.07) is 0. The van der Waals surface area contributed by atoms with Crippen LogP contribution in [-0.4, -0.2) is 0 Å². The van der Waals surface area contributed by atoms with E-state index in [9.17, 15) is 0 Å². The van der Waals surface area contributed by atoms with Crippen molar-refractivity contribution in [3.8, 4) is 0 Å². The van der Waals surface area contributed by atoms with E-state index in [2.05, 4.69) is 69.2 Å². The van der Waals surface area contributed by atoms with E-state index in [0.717, 1.165) is 35.5 Å². The fourth-order valence-electron chi connectivity index (χ4n) is 3.01. The molecule has 0 saturated carbocycles. The summed E-state index contributed by atoms with van der Waals surface area (Å²) in [5.74, 6) is 4.72. The first-order valence-corrected chi connectivity index (χ1v) is 7.53. The van der Waals surface area contributed by atoms with Crippen molar-refractivity contribution in [3.63, 3.8) is 0 Å². The lowest BCUT2D eigenvalue weighted by Gasteiger charge is -2.45. The van der Waals surface area contributed by atoms with E-state index >= 15 is 0 Å². The highest BCUT2D eigenvalue weighted by atomic mass is 14.4. The van der Waals surface area contributed by atoms with Gasteiger partial charge in [-0.05, 0) is 40.9 Å². The van der Waals surface area contributed by atoms with E-state index in [1.807, 2.05) is 0 Å². The van der Waals surface area contributed by atoms with E-state index in [1.165, 1.54) is 0 Å². The molecule has 0 aliphatic heterocycles.